The Morgan fingerprint density at radius 1 is 0.615 bits per heavy atom. The Labute approximate surface area is 242 Å². The molecule has 0 aliphatic heterocycles. The van der Waals surface area contributed by atoms with Crippen LogP contribution in [0, 0.1) is 0 Å². The molecule has 0 bridgehead atoms. The summed E-state index contributed by atoms with van der Waals surface area (Å²) in [5.74, 6) is -0.0690. The highest BCUT2D eigenvalue weighted by molar-refractivity contribution is 5.69. The van der Waals surface area contributed by atoms with Crippen LogP contribution >= 0.6 is 0 Å². The van der Waals surface area contributed by atoms with Crippen LogP contribution in [0.1, 0.15) is 162 Å². The van der Waals surface area contributed by atoms with E-state index in [2.05, 4.69) is 24.0 Å². The van der Waals surface area contributed by atoms with Crippen molar-refractivity contribution in [3.8, 4) is 0 Å². The smallest absolute Gasteiger partial charge is 0.306 e. The van der Waals surface area contributed by atoms with Crippen LogP contribution in [0.5, 0.6) is 0 Å². The summed E-state index contributed by atoms with van der Waals surface area (Å²) in [5.41, 5.74) is 0. The zero-order valence-electron chi connectivity index (χ0n) is 26.5. The second kappa shape index (κ2) is 29.6. The molecule has 0 saturated carbocycles. The fourth-order valence-corrected chi connectivity index (χ4v) is 4.89. The standard InChI is InChI=1S/C34H65NO4/c1-5-7-8-9-17-20-23-27-32(39-34(37)30-26-31-35(3)4)28-24-21-18-15-13-11-10-12-14-16-19-22-25-29-33(36)38-6-2/h12,14,32H,5-11,13,15-31H2,1-4H3. The molecule has 1 atom stereocenters. The highest BCUT2D eigenvalue weighted by atomic mass is 16.5. The van der Waals surface area contributed by atoms with Gasteiger partial charge in [-0.25, -0.2) is 0 Å². The van der Waals surface area contributed by atoms with Crippen LogP contribution in [0.15, 0.2) is 12.2 Å². The van der Waals surface area contributed by atoms with Gasteiger partial charge >= 0.3 is 11.9 Å². The first-order valence-electron chi connectivity index (χ1n) is 16.6. The summed E-state index contributed by atoms with van der Waals surface area (Å²) in [6, 6.07) is 0. The van der Waals surface area contributed by atoms with Gasteiger partial charge in [-0.1, -0.05) is 89.7 Å². The predicted molar refractivity (Wildman–Crippen MR) is 166 cm³/mol. The maximum atomic E-state index is 12.4. The Kier molecular flexibility index (Phi) is 28.6. The van der Waals surface area contributed by atoms with E-state index in [1.165, 1.54) is 89.9 Å². The van der Waals surface area contributed by atoms with E-state index >= 15 is 0 Å². The van der Waals surface area contributed by atoms with E-state index in [0.29, 0.717) is 19.4 Å². The molecule has 0 rings (SSSR count). The number of allylic oxidation sites excluding steroid dienone is 2. The van der Waals surface area contributed by atoms with Gasteiger partial charge in [0.25, 0.3) is 0 Å². The van der Waals surface area contributed by atoms with Gasteiger partial charge in [0.05, 0.1) is 6.61 Å². The predicted octanol–water partition coefficient (Wildman–Crippen LogP) is 9.57. The Morgan fingerprint density at radius 2 is 1.10 bits per heavy atom. The maximum Gasteiger partial charge on any atom is 0.306 e. The fraction of sp³-hybridized carbons (Fsp3) is 0.882. The largest absolute Gasteiger partial charge is 0.466 e. The zero-order chi connectivity index (χ0) is 28.8. The molecular formula is C34H65NO4. The van der Waals surface area contributed by atoms with Gasteiger partial charge in [-0.3, -0.25) is 9.59 Å². The number of unbranched alkanes of at least 4 members (excludes halogenated alkanes) is 15. The lowest BCUT2D eigenvalue weighted by Crippen LogP contribution is -2.20. The third-order valence-electron chi connectivity index (χ3n) is 7.28. The first-order chi connectivity index (χ1) is 19.0. The average Bonchev–Trinajstić information content (AvgIpc) is 2.90. The van der Waals surface area contributed by atoms with Crippen LogP contribution in [0.3, 0.4) is 0 Å². The van der Waals surface area contributed by atoms with Crippen LogP contribution in [0.2, 0.25) is 0 Å². The van der Waals surface area contributed by atoms with Gasteiger partial charge in [-0.15, -0.1) is 0 Å². The van der Waals surface area contributed by atoms with E-state index in [0.717, 1.165) is 51.5 Å². The summed E-state index contributed by atoms with van der Waals surface area (Å²) in [4.78, 5) is 25.8. The maximum absolute atomic E-state index is 12.4. The molecule has 0 N–H and O–H groups in total. The second-order valence-corrected chi connectivity index (χ2v) is 11.5. The van der Waals surface area contributed by atoms with Gasteiger partial charge in [0.1, 0.15) is 6.10 Å². The van der Waals surface area contributed by atoms with E-state index in [1.54, 1.807) is 0 Å². The van der Waals surface area contributed by atoms with Crippen molar-refractivity contribution in [3.05, 3.63) is 12.2 Å². The Bertz CT molecular complexity index is 576. The van der Waals surface area contributed by atoms with E-state index in [-0.39, 0.29) is 18.0 Å². The molecule has 230 valence electrons. The van der Waals surface area contributed by atoms with E-state index < -0.39 is 0 Å². The number of hydrogen-bond acceptors (Lipinski definition) is 5. The minimum atomic E-state index is -0.0639. The molecule has 0 fully saturated rings. The highest BCUT2D eigenvalue weighted by Gasteiger charge is 2.14. The van der Waals surface area contributed by atoms with E-state index in [4.69, 9.17) is 9.47 Å². The van der Waals surface area contributed by atoms with Crippen molar-refractivity contribution in [1.29, 1.82) is 0 Å². The van der Waals surface area contributed by atoms with Crippen LogP contribution in [-0.2, 0) is 19.1 Å². The Hall–Kier alpha value is -1.36. The molecule has 0 aliphatic carbocycles. The lowest BCUT2D eigenvalue weighted by molar-refractivity contribution is -0.150. The molecule has 0 aromatic heterocycles. The quantitative estimate of drug-likeness (QED) is 0.0526. The lowest BCUT2D eigenvalue weighted by atomic mass is 10.0. The fourth-order valence-electron chi connectivity index (χ4n) is 4.89. The molecule has 5 heteroatoms. The van der Waals surface area contributed by atoms with Gasteiger partial charge in [0, 0.05) is 12.8 Å². The Morgan fingerprint density at radius 3 is 1.64 bits per heavy atom. The topological polar surface area (TPSA) is 55.8 Å². The van der Waals surface area contributed by atoms with Gasteiger partial charge in [-0.2, -0.15) is 0 Å². The van der Waals surface area contributed by atoms with Crippen molar-refractivity contribution in [1.82, 2.24) is 4.90 Å². The normalized spacial score (nSPS) is 12.3. The summed E-state index contributed by atoms with van der Waals surface area (Å²) in [6.45, 7) is 5.53. The lowest BCUT2D eigenvalue weighted by Gasteiger charge is -2.18. The highest BCUT2D eigenvalue weighted by Crippen LogP contribution is 2.18. The van der Waals surface area contributed by atoms with Gasteiger partial charge < -0.3 is 14.4 Å². The molecule has 0 heterocycles. The SMILES string of the molecule is CCCCCCCCCC(CCCCCCCCC=CCCCCCC(=O)OCC)OC(=O)CCCN(C)C. The monoisotopic (exact) mass is 551 g/mol. The molecule has 0 radical (unpaired) electrons. The average molecular weight is 552 g/mol. The third-order valence-corrected chi connectivity index (χ3v) is 7.28. The molecule has 0 aromatic rings. The molecule has 0 spiro atoms. The number of hydrogen-bond donors (Lipinski definition) is 0. The number of carbonyl (C=O) groups is 2. The van der Waals surface area contributed by atoms with Crippen molar-refractivity contribution in [2.45, 2.75) is 168 Å². The van der Waals surface area contributed by atoms with Crippen molar-refractivity contribution in [3.63, 3.8) is 0 Å². The van der Waals surface area contributed by atoms with Gasteiger partial charge in [-0.05, 0) is 91.8 Å². The van der Waals surface area contributed by atoms with Crippen molar-refractivity contribution < 1.29 is 19.1 Å². The molecule has 5 nitrogen and oxygen atoms in total. The van der Waals surface area contributed by atoms with Crippen molar-refractivity contribution in [2.24, 2.45) is 0 Å². The summed E-state index contributed by atoms with van der Waals surface area (Å²) in [7, 11) is 4.09. The number of nitrogens with zero attached hydrogens (tertiary/aromatic N) is 1. The molecular weight excluding hydrogens is 486 g/mol. The van der Waals surface area contributed by atoms with Crippen LogP contribution in [0.25, 0.3) is 0 Å². The zero-order valence-corrected chi connectivity index (χ0v) is 26.5. The number of ether oxygens (including phenoxy) is 2. The minimum absolute atomic E-state index is 0.00507. The molecule has 0 aliphatic rings. The van der Waals surface area contributed by atoms with Crippen LogP contribution < -0.4 is 0 Å². The van der Waals surface area contributed by atoms with Crippen LogP contribution in [0.4, 0.5) is 0 Å². The summed E-state index contributed by atoms with van der Waals surface area (Å²) in [6.07, 6.45) is 30.9. The van der Waals surface area contributed by atoms with Gasteiger partial charge in [0.15, 0.2) is 0 Å². The molecule has 0 amide bonds. The van der Waals surface area contributed by atoms with Gasteiger partial charge in [0.2, 0.25) is 0 Å². The van der Waals surface area contributed by atoms with Crippen molar-refractivity contribution in [2.75, 3.05) is 27.2 Å². The van der Waals surface area contributed by atoms with E-state index in [9.17, 15) is 9.59 Å². The molecule has 39 heavy (non-hydrogen) atoms. The molecule has 0 saturated heterocycles. The second-order valence-electron chi connectivity index (χ2n) is 11.5. The molecule has 1 unspecified atom stereocenters. The van der Waals surface area contributed by atoms with Crippen LogP contribution in [-0.4, -0.2) is 50.2 Å². The van der Waals surface area contributed by atoms with Crippen molar-refractivity contribution >= 4 is 11.9 Å². The minimum Gasteiger partial charge on any atom is -0.466 e. The number of rotatable bonds is 29. The summed E-state index contributed by atoms with van der Waals surface area (Å²) in [5, 5.41) is 0. The first kappa shape index (κ1) is 37.6. The molecule has 0 aromatic carbocycles. The number of carbonyl (C=O) groups excluding carboxylic acids is 2. The Balaban J connectivity index is 3.88. The summed E-state index contributed by atoms with van der Waals surface area (Å²) >= 11 is 0. The third kappa shape index (κ3) is 29.4. The summed E-state index contributed by atoms with van der Waals surface area (Å²) < 4.78 is 10.9. The first-order valence-corrected chi connectivity index (χ1v) is 16.6. The van der Waals surface area contributed by atoms with E-state index in [1.807, 2.05) is 21.0 Å². The number of esters is 2.